The Morgan fingerprint density at radius 1 is 0.919 bits per heavy atom. The molecule has 37 heavy (non-hydrogen) atoms. The van der Waals surface area contributed by atoms with E-state index in [4.69, 9.17) is 4.74 Å². The molecule has 0 aliphatic carbocycles. The molecule has 0 radical (unpaired) electrons. The number of nitro groups is 2. The number of benzene rings is 3. The molecule has 0 atom stereocenters. The Morgan fingerprint density at radius 2 is 1.62 bits per heavy atom. The van der Waals surface area contributed by atoms with Crippen LogP contribution in [0, 0.1) is 20.2 Å². The molecule has 1 saturated heterocycles. The fourth-order valence-electron chi connectivity index (χ4n) is 3.66. The Kier molecular flexibility index (Phi) is 7.60. The summed E-state index contributed by atoms with van der Waals surface area (Å²) in [5.74, 6) is 0. The van der Waals surface area contributed by atoms with Crippen LogP contribution in [0.4, 0.5) is 28.4 Å². The predicted octanol–water partition coefficient (Wildman–Crippen LogP) is 3.59. The number of ether oxygens (including phenoxy) is 1. The van der Waals surface area contributed by atoms with E-state index < -0.39 is 25.6 Å². The molecule has 0 aromatic heterocycles. The molecular weight excluding hydrogens is 504 g/mol. The number of sulfonamides is 1. The van der Waals surface area contributed by atoms with Crippen molar-refractivity contribution in [2.75, 3.05) is 41.4 Å². The van der Waals surface area contributed by atoms with Gasteiger partial charge in [0, 0.05) is 36.5 Å². The lowest BCUT2D eigenvalue weighted by Crippen LogP contribution is -2.36. The number of anilines is 3. The topological polar surface area (TPSA) is 169 Å². The summed E-state index contributed by atoms with van der Waals surface area (Å²) in [6.45, 7) is 2.02. The zero-order chi connectivity index (χ0) is 26.4. The number of para-hydroxylation sites is 1. The van der Waals surface area contributed by atoms with E-state index in [1.165, 1.54) is 24.4 Å². The van der Waals surface area contributed by atoms with Gasteiger partial charge in [0.1, 0.15) is 11.4 Å². The van der Waals surface area contributed by atoms with Crippen LogP contribution in [0.3, 0.4) is 0 Å². The molecule has 1 heterocycles. The van der Waals surface area contributed by atoms with Gasteiger partial charge in [0.05, 0.1) is 34.2 Å². The molecule has 1 aliphatic rings. The van der Waals surface area contributed by atoms with E-state index in [-0.39, 0.29) is 16.3 Å². The first-order valence-corrected chi connectivity index (χ1v) is 12.5. The van der Waals surface area contributed by atoms with E-state index in [1.807, 2.05) is 4.90 Å². The van der Waals surface area contributed by atoms with E-state index in [0.717, 1.165) is 6.07 Å². The first-order valence-electron chi connectivity index (χ1n) is 11.0. The highest BCUT2D eigenvalue weighted by molar-refractivity contribution is 7.92. The zero-order valence-electron chi connectivity index (χ0n) is 19.3. The summed E-state index contributed by atoms with van der Waals surface area (Å²) >= 11 is 0. The molecule has 0 spiro atoms. The molecule has 4 rings (SSSR count). The van der Waals surface area contributed by atoms with Crippen LogP contribution in [0.5, 0.6) is 0 Å². The maximum Gasteiger partial charge on any atom is 0.295 e. The van der Waals surface area contributed by atoms with E-state index in [2.05, 4.69) is 15.2 Å². The molecule has 1 aliphatic heterocycles. The van der Waals surface area contributed by atoms with Crippen molar-refractivity contribution in [3.63, 3.8) is 0 Å². The third-order valence-corrected chi connectivity index (χ3v) is 6.83. The summed E-state index contributed by atoms with van der Waals surface area (Å²) in [4.78, 5) is 23.6. The summed E-state index contributed by atoms with van der Waals surface area (Å²) < 4.78 is 33.0. The number of morpholine rings is 1. The number of nitrogens with one attached hydrogen (secondary N) is 2. The molecule has 1 fully saturated rings. The average molecular weight is 527 g/mol. The van der Waals surface area contributed by atoms with Crippen LogP contribution in [0.15, 0.2) is 76.7 Å². The Morgan fingerprint density at radius 3 is 2.30 bits per heavy atom. The lowest BCUT2D eigenvalue weighted by Gasteiger charge is -2.28. The number of hydrogen-bond acceptors (Lipinski definition) is 10. The van der Waals surface area contributed by atoms with Gasteiger partial charge in [0.15, 0.2) is 0 Å². The summed E-state index contributed by atoms with van der Waals surface area (Å²) in [7, 11) is -4.07. The van der Waals surface area contributed by atoms with Gasteiger partial charge in [0.2, 0.25) is 0 Å². The molecule has 0 bridgehead atoms. The van der Waals surface area contributed by atoms with Crippen molar-refractivity contribution < 1.29 is 23.0 Å². The van der Waals surface area contributed by atoms with Crippen molar-refractivity contribution in [1.29, 1.82) is 0 Å². The van der Waals surface area contributed by atoms with E-state index >= 15 is 0 Å². The van der Waals surface area contributed by atoms with Crippen molar-refractivity contribution in [3.05, 3.63) is 92.5 Å². The molecule has 0 unspecified atom stereocenters. The monoisotopic (exact) mass is 526 g/mol. The average Bonchev–Trinajstić information content (AvgIpc) is 2.89. The quantitative estimate of drug-likeness (QED) is 0.240. The first kappa shape index (κ1) is 25.5. The van der Waals surface area contributed by atoms with Gasteiger partial charge in [-0.25, -0.2) is 8.42 Å². The highest BCUT2D eigenvalue weighted by atomic mass is 32.2. The van der Waals surface area contributed by atoms with Crippen LogP contribution in [0.2, 0.25) is 0 Å². The number of rotatable bonds is 9. The van der Waals surface area contributed by atoms with Gasteiger partial charge in [-0.1, -0.05) is 24.3 Å². The number of hydrazone groups is 1. The lowest BCUT2D eigenvalue weighted by atomic mass is 10.1. The van der Waals surface area contributed by atoms with E-state index in [1.54, 1.807) is 42.5 Å². The summed E-state index contributed by atoms with van der Waals surface area (Å²) in [6.07, 6.45) is 1.28. The Balaban J connectivity index is 1.53. The molecular formula is C23H22N6O7S. The van der Waals surface area contributed by atoms with Gasteiger partial charge in [-0.2, -0.15) is 5.10 Å². The Hall–Kier alpha value is -4.56. The fourth-order valence-corrected chi connectivity index (χ4v) is 4.74. The van der Waals surface area contributed by atoms with Gasteiger partial charge in [-0.15, -0.1) is 0 Å². The van der Waals surface area contributed by atoms with Crippen molar-refractivity contribution in [1.82, 2.24) is 0 Å². The van der Waals surface area contributed by atoms with Crippen molar-refractivity contribution >= 4 is 44.7 Å². The van der Waals surface area contributed by atoms with E-state index in [9.17, 15) is 28.6 Å². The van der Waals surface area contributed by atoms with Gasteiger partial charge < -0.3 is 9.64 Å². The summed E-state index contributed by atoms with van der Waals surface area (Å²) in [5.41, 5.74) is 3.02. The highest BCUT2D eigenvalue weighted by Gasteiger charge is 2.23. The third-order valence-electron chi connectivity index (χ3n) is 5.45. The Bertz CT molecular complexity index is 1440. The fraction of sp³-hybridized carbons (Fsp3) is 0.174. The van der Waals surface area contributed by atoms with Crippen LogP contribution < -0.4 is 15.0 Å². The predicted molar refractivity (Wildman–Crippen MR) is 138 cm³/mol. The maximum absolute atomic E-state index is 12.7. The second-order valence-electron chi connectivity index (χ2n) is 7.88. The van der Waals surface area contributed by atoms with Crippen LogP contribution in [0.25, 0.3) is 0 Å². The van der Waals surface area contributed by atoms with Crippen molar-refractivity contribution in [3.8, 4) is 0 Å². The molecule has 13 nitrogen and oxygen atoms in total. The highest BCUT2D eigenvalue weighted by Crippen LogP contribution is 2.30. The molecule has 3 aromatic carbocycles. The molecule has 2 N–H and O–H groups in total. The molecule has 0 amide bonds. The first-order chi connectivity index (χ1) is 17.7. The number of nitro benzene ring substituents is 2. The zero-order valence-corrected chi connectivity index (χ0v) is 20.1. The lowest BCUT2D eigenvalue weighted by molar-refractivity contribution is -0.384. The normalized spacial score (nSPS) is 13.9. The standard InChI is InChI=1S/C23H22N6O7S/c30-28(31)22-15-19(37(34,35)26-18-4-2-1-3-5-18)7-8-20(22)25-24-16-17-6-9-21(23(14-17)29(32)33)27-10-12-36-13-11-27/h1-9,14-16,25-26H,10-13H2/b24-16+. The SMILES string of the molecule is O=[N+]([O-])c1cc(S(=O)(=O)Nc2ccccc2)ccc1N/N=C/c1ccc(N2CCOCC2)c([N+](=O)[O-])c1. The van der Waals surface area contributed by atoms with Crippen LogP contribution in [0.1, 0.15) is 5.56 Å². The van der Waals surface area contributed by atoms with Gasteiger partial charge in [-0.3, -0.25) is 30.4 Å². The van der Waals surface area contributed by atoms with Crippen LogP contribution >= 0.6 is 0 Å². The van der Waals surface area contributed by atoms with Gasteiger partial charge >= 0.3 is 0 Å². The minimum Gasteiger partial charge on any atom is -0.378 e. The van der Waals surface area contributed by atoms with Gasteiger partial charge in [0.25, 0.3) is 21.4 Å². The van der Waals surface area contributed by atoms with Crippen LogP contribution in [-0.4, -0.2) is 50.8 Å². The second-order valence-corrected chi connectivity index (χ2v) is 9.56. The minimum absolute atomic E-state index is 0.0562. The van der Waals surface area contributed by atoms with Crippen LogP contribution in [-0.2, 0) is 14.8 Å². The third kappa shape index (κ3) is 6.17. The molecule has 0 saturated carbocycles. The van der Waals surface area contributed by atoms with E-state index in [0.29, 0.717) is 43.2 Å². The minimum atomic E-state index is -4.07. The molecule has 3 aromatic rings. The smallest absolute Gasteiger partial charge is 0.295 e. The largest absolute Gasteiger partial charge is 0.378 e. The molecule has 14 heteroatoms. The number of hydrogen-bond donors (Lipinski definition) is 2. The summed E-state index contributed by atoms with van der Waals surface area (Å²) in [5, 5.41) is 27.2. The maximum atomic E-state index is 12.7. The summed E-state index contributed by atoms with van der Waals surface area (Å²) in [6, 6.07) is 16.1. The number of nitrogens with zero attached hydrogens (tertiary/aromatic N) is 4. The Labute approximate surface area is 211 Å². The molecule has 192 valence electrons. The van der Waals surface area contributed by atoms with Crippen molar-refractivity contribution in [2.45, 2.75) is 4.90 Å². The second kappa shape index (κ2) is 11.0. The van der Waals surface area contributed by atoms with Gasteiger partial charge in [-0.05, 0) is 30.3 Å². The van der Waals surface area contributed by atoms with Crippen molar-refractivity contribution in [2.24, 2.45) is 5.10 Å².